The van der Waals surface area contributed by atoms with Crippen molar-refractivity contribution in [1.29, 1.82) is 0 Å². The van der Waals surface area contributed by atoms with Crippen molar-refractivity contribution in [1.82, 2.24) is 0 Å². The van der Waals surface area contributed by atoms with E-state index in [1.54, 1.807) is 11.3 Å². The Morgan fingerprint density at radius 2 is 2.29 bits per heavy atom. The first-order chi connectivity index (χ1) is 8.33. The van der Waals surface area contributed by atoms with E-state index in [-0.39, 0.29) is 5.78 Å². The van der Waals surface area contributed by atoms with Gasteiger partial charge in [-0.05, 0) is 41.6 Å². The highest BCUT2D eigenvalue weighted by Gasteiger charge is 2.13. The Labute approximate surface area is 104 Å². The molecule has 0 atom stereocenters. The summed E-state index contributed by atoms with van der Waals surface area (Å²) in [6.07, 6.45) is 1.54. The zero-order valence-electron chi connectivity index (χ0n) is 9.40. The van der Waals surface area contributed by atoms with Crippen LogP contribution in [0.25, 0.3) is 0 Å². The lowest BCUT2D eigenvalue weighted by atomic mass is 10.0. The van der Waals surface area contributed by atoms with Gasteiger partial charge in [0.05, 0.1) is 0 Å². The summed E-state index contributed by atoms with van der Waals surface area (Å²) >= 11 is 1.64. The summed E-state index contributed by atoms with van der Waals surface area (Å²) in [6, 6.07) is 9.97. The van der Waals surface area contributed by atoms with E-state index in [1.807, 2.05) is 35.7 Å². The molecule has 0 aliphatic carbocycles. The maximum atomic E-state index is 12.1. The van der Waals surface area contributed by atoms with Gasteiger partial charge in [-0.3, -0.25) is 4.79 Å². The van der Waals surface area contributed by atoms with Crippen LogP contribution >= 0.6 is 11.3 Å². The van der Waals surface area contributed by atoms with Crippen LogP contribution in [0, 0.1) is 0 Å². The third-order valence-corrected chi connectivity index (χ3v) is 3.93. The van der Waals surface area contributed by atoms with Gasteiger partial charge in [-0.2, -0.15) is 0 Å². The fraction of sp³-hybridized carbons (Fsp3) is 0.214. The van der Waals surface area contributed by atoms with Crippen LogP contribution in [0.15, 0.2) is 35.7 Å². The van der Waals surface area contributed by atoms with Gasteiger partial charge in [-0.15, -0.1) is 11.3 Å². The molecule has 0 bridgehead atoms. The van der Waals surface area contributed by atoms with E-state index in [0.717, 1.165) is 23.4 Å². The number of hydrogen-bond acceptors (Lipinski definition) is 3. The van der Waals surface area contributed by atoms with Gasteiger partial charge in [0, 0.05) is 29.1 Å². The van der Waals surface area contributed by atoms with Crippen LogP contribution < -0.4 is 5.32 Å². The number of carbonyl (C=O) groups excluding carboxylic acids is 1. The van der Waals surface area contributed by atoms with Crippen molar-refractivity contribution >= 4 is 22.8 Å². The molecule has 1 aromatic heterocycles. The molecule has 1 aliphatic rings. The molecular weight excluding hydrogens is 230 g/mol. The second-order valence-corrected chi connectivity index (χ2v) is 5.26. The molecule has 1 N–H and O–H groups in total. The summed E-state index contributed by atoms with van der Waals surface area (Å²) in [5.41, 5.74) is 3.28. The molecule has 0 unspecified atom stereocenters. The van der Waals surface area contributed by atoms with Crippen molar-refractivity contribution in [2.75, 3.05) is 11.9 Å². The maximum Gasteiger partial charge on any atom is 0.168 e. The van der Waals surface area contributed by atoms with Gasteiger partial charge in [0.15, 0.2) is 5.78 Å². The van der Waals surface area contributed by atoms with Gasteiger partial charge in [0.1, 0.15) is 0 Å². The molecule has 0 fully saturated rings. The number of nitrogens with one attached hydrogen (secondary N) is 1. The lowest BCUT2D eigenvalue weighted by molar-refractivity contribution is 0.0994. The van der Waals surface area contributed by atoms with Gasteiger partial charge >= 0.3 is 0 Å². The zero-order valence-corrected chi connectivity index (χ0v) is 10.2. The SMILES string of the molecule is O=C(Cc1cccs1)c1ccc2c(c1)CCN2. The molecule has 2 nitrogen and oxygen atoms in total. The number of anilines is 1. The predicted molar refractivity (Wildman–Crippen MR) is 71.0 cm³/mol. The number of thiophene rings is 1. The fourth-order valence-corrected chi connectivity index (χ4v) is 2.86. The van der Waals surface area contributed by atoms with Gasteiger partial charge in [0.25, 0.3) is 0 Å². The molecule has 1 aromatic carbocycles. The van der Waals surface area contributed by atoms with Crippen LogP contribution in [0.2, 0.25) is 0 Å². The number of ketones is 1. The van der Waals surface area contributed by atoms with Gasteiger partial charge in [0.2, 0.25) is 0 Å². The molecule has 3 heteroatoms. The number of benzene rings is 1. The average molecular weight is 243 g/mol. The molecule has 1 aliphatic heterocycles. The van der Waals surface area contributed by atoms with E-state index < -0.39 is 0 Å². The van der Waals surface area contributed by atoms with Crippen LogP contribution in [-0.2, 0) is 12.8 Å². The fourth-order valence-electron chi connectivity index (χ4n) is 2.15. The normalized spacial score (nSPS) is 13.2. The number of carbonyl (C=O) groups is 1. The second kappa shape index (κ2) is 4.34. The highest BCUT2D eigenvalue weighted by molar-refractivity contribution is 7.10. The minimum Gasteiger partial charge on any atom is -0.384 e. The molecule has 17 heavy (non-hydrogen) atoms. The van der Waals surface area contributed by atoms with Crippen LogP contribution in [0.1, 0.15) is 20.8 Å². The molecule has 0 saturated heterocycles. The summed E-state index contributed by atoms with van der Waals surface area (Å²) in [5, 5.41) is 5.31. The highest BCUT2D eigenvalue weighted by atomic mass is 32.1. The molecule has 2 heterocycles. The van der Waals surface area contributed by atoms with Gasteiger partial charge < -0.3 is 5.32 Å². The Balaban J connectivity index is 1.82. The maximum absolute atomic E-state index is 12.1. The Hall–Kier alpha value is -1.61. The lowest BCUT2D eigenvalue weighted by Crippen LogP contribution is -2.02. The molecule has 0 radical (unpaired) electrons. The Morgan fingerprint density at radius 1 is 1.35 bits per heavy atom. The second-order valence-electron chi connectivity index (χ2n) is 4.23. The zero-order chi connectivity index (χ0) is 11.7. The smallest absolute Gasteiger partial charge is 0.168 e. The summed E-state index contributed by atoms with van der Waals surface area (Å²) in [7, 11) is 0. The van der Waals surface area contributed by atoms with E-state index in [2.05, 4.69) is 5.32 Å². The Morgan fingerprint density at radius 3 is 3.12 bits per heavy atom. The first-order valence-electron chi connectivity index (χ1n) is 5.75. The van der Waals surface area contributed by atoms with Gasteiger partial charge in [-0.25, -0.2) is 0 Å². The van der Waals surface area contributed by atoms with Crippen molar-refractivity contribution in [2.24, 2.45) is 0 Å². The van der Waals surface area contributed by atoms with Crippen LogP contribution in [0.3, 0.4) is 0 Å². The molecule has 0 saturated carbocycles. The third kappa shape index (κ3) is 2.11. The molecule has 0 spiro atoms. The van der Waals surface area contributed by atoms with E-state index in [9.17, 15) is 4.79 Å². The monoisotopic (exact) mass is 243 g/mol. The quantitative estimate of drug-likeness (QED) is 0.839. The minimum absolute atomic E-state index is 0.210. The van der Waals surface area contributed by atoms with Crippen LogP contribution in [0.4, 0.5) is 5.69 Å². The lowest BCUT2D eigenvalue weighted by Gasteiger charge is -2.03. The van der Waals surface area contributed by atoms with E-state index >= 15 is 0 Å². The van der Waals surface area contributed by atoms with Crippen LogP contribution in [-0.4, -0.2) is 12.3 Å². The molecule has 0 amide bonds. The molecule has 3 rings (SSSR count). The van der Waals surface area contributed by atoms with E-state index in [0.29, 0.717) is 6.42 Å². The van der Waals surface area contributed by atoms with Crippen LogP contribution in [0.5, 0.6) is 0 Å². The van der Waals surface area contributed by atoms with E-state index in [4.69, 9.17) is 0 Å². The summed E-state index contributed by atoms with van der Waals surface area (Å²) in [5.74, 6) is 0.210. The number of rotatable bonds is 3. The highest BCUT2D eigenvalue weighted by Crippen LogP contribution is 2.24. The first-order valence-corrected chi connectivity index (χ1v) is 6.63. The number of hydrogen-bond donors (Lipinski definition) is 1. The summed E-state index contributed by atoms with van der Waals surface area (Å²) in [4.78, 5) is 13.2. The number of Topliss-reactive ketones (excluding diaryl/α,β-unsaturated/α-hetero) is 1. The topological polar surface area (TPSA) is 29.1 Å². The van der Waals surface area contributed by atoms with Crippen molar-refractivity contribution < 1.29 is 4.79 Å². The van der Waals surface area contributed by atoms with Crippen molar-refractivity contribution in [2.45, 2.75) is 12.8 Å². The Bertz CT molecular complexity index is 545. The van der Waals surface area contributed by atoms with E-state index in [1.165, 1.54) is 11.3 Å². The Kier molecular flexibility index (Phi) is 2.69. The third-order valence-electron chi connectivity index (χ3n) is 3.05. The van der Waals surface area contributed by atoms with Crippen molar-refractivity contribution in [3.05, 3.63) is 51.7 Å². The largest absolute Gasteiger partial charge is 0.384 e. The molecule has 86 valence electrons. The minimum atomic E-state index is 0.210. The summed E-state index contributed by atoms with van der Waals surface area (Å²) in [6.45, 7) is 0.984. The molecular formula is C14H13NOS. The first kappa shape index (κ1) is 10.5. The molecule has 2 aromatic rings. The predicted octanol–water partition coefficient (Wildman–Crippen LogP) is 3.14. The van der Waals surface area contributed by atoms with Gasteiger partial charge in [-0.1, -0.05) is 6.07 Å². The average Bonchev–Trinajstić information content (AvgIpc) is 2.97. The number of fused-ring (bicyclic) bond motifs is 1. The van der Waals surface area contributed by atoms with Crippen molar-refractivity contribution in [3.8, 4) is 0 Å². The van der Waals surface area contributed by atoms with Crippen molar-refractivity contribution in [3.63, 3.8) is 0 Å². The summed E-state index contributed by atoms with van der Waals surface area (Å²) < 4.78 is 0. The standard InChI is InChI=1S/C14H13NOS/c16-14(9-12-2-1-7-17-12)11-3-4-13-10(8-11)5-6-15-13/h1-4,7-8,15H,5-6,9H2.